The van der Waals surface area contributed by atoms with Gasteiger partial charge in [0.2, 0.25) is 5.91 Å². The summed E-state index contributed by atoms with van der Waals surface area (Å²) in [5.74, 6) is -0.166. The molecular weight excluding hydrogens is 374 g/mol. The molecular formula is C21H29N3O5. The number of carbonyl (C=O) groups excluding carboxylic acids is 3. The largest absolute Gasteiger partial charge is 0.479 e. The average Bonchev–Trinajstić information content (AvgIpc) is 2.73. The third-order valence-electron chi connectivity index (χ3n) is 5.32. The standard InChI is InChI=1S/C21H29N3O5/c1-15-21(27)24(13-12-23-10-4-3-5-11-23)17-14-16(6-7-18(17)29-15)22-19(25)8-9-20(26)28-2/h6-7,14-15H,3-5,8-13H2,1-2H3,(H,22,25). The van der Waals surface area contributed by atoms with Crippen LogP contribution in [0.2, 0.25) is 0 Å². The molecule has 0 spiro atoms. The Bertz CT molecular complexity index is 761. The van der Waals surface area contributed by atoms with E-state index < -0.39 is 12.1 Å². The average molecular weight is 403 g/mol. The summed E-state index contributed by atoms with van der Waals surface area (Å²) in [4.78, 5) is 40.2. The number of methoxy groups -OCH3 is 1. The molecule has 0 aromatic heterocycles. The molecule has 1 saturated heterocycles. The topological polar surface area (TPSA) is 88.2 Å². The van der Waals surface area contributed by atoms with Crippen LogP contribution in [0.5, 0.6) is 5.75 Å². The fourth-order valence-electron chi connectivity index (χ4n) is 3.68. The third-order valence-corrected chi connectivity index (χ3v) is 5.32. The van der Waals surface area contributed by atoms with E-state index in [1.54, 1.807) is 30.0 Å². The maximum Gasteiger partial charge on any atom is 0.306 e. The number of esters is 1. The van der Waals surface area contributed by atoms with E-state index in [-0.39, 0.29) is 24.7 Å². The lowest BCUT2D eigenvalue weighted by Gasteiger charge is -2.35. The van der Waals surface area contributed by atoms with Gasteiger partial charge in [-0.05, 0) is 51.1 Å². The van der Waals surface area contributed by atoms with Crippen molar-refractivity contribution in [2.24, 2.45) is 0 Å². The Morgan fingerprint density at radius 2 is 1.93 bits per heavy atom. The highest BCUT2D eigenvalue weighted by Crippen LogP contribution is 2.36. The highest BCUT2D eigenvalue weighted by molar-refractivity contribution is 6.01. The molecule has 1 aromatic carbocycles. The van der Waals surface area contributed by atoms with Crippen LogP contribution in [0.3, 0.4) is 0 Å². The molecule has 0 saturated carbocycles. The van der Waals surface area contributed by atoms with Crippen molar-refractivity contribution in [2.45, 2.75) is 45.1 Å². The molecule has 1 atom stereocenters. The highest BCUT2D eigenvalue weighted by atomic mass is 16.5. The van der Waals surface area contributed by atoms with E-state index in [0.717, 1.165) is 19.6 Å². The van der Waals surface area contributed by atoms with E-state index in [0.29, 0.717) is 23.7 Å². The summed E-state index contributed by atoms with van der Waals surface area (Å²) in [5, 5.41) is 2.77. The molecule has 2 heterocycles. The van der Waals surface area contributed by atoms with E-state index in [4.69, 9.17) is 4.74 Å². The zero-order valence-corrected chi connectivity index (χ0v) is 17.1. The van der Waals surface area contributed by atoms with Gasteiger partial charge in [-0.15, -0.1) is 0 Å². The molecule has 1 fully saturated rings. The first-order chi connectivity index (χ1) is 14.0. The van der Waals surface area contributed by atoms with Crippen molar-refractivity contribution < 1.29 is 23.9 Å². The van der Waals surface area contributed by atoms with Gasteiger partial charge in [-0.25, -0.2) is 0 Å². The molecule has 2 aliphatic rings. The van der Waals surface area contributed by atoms with E-state index in [1.807, 2.05) is 0 Å². The summed E-state index contributed by atoms with van der Waals surface area (Å²) in [6.45, 7) is 5.28. The monoisotopic (exact) mass is 403 g/mol. The number of nitrogens with zero attached hydrogens (tertiary/aromatic N) is 2. The molecule has 0 radical (unpaired) electrons. The van der Waals surface area contributed by atoms with Crippen LogP contribution in [-0.4, -0.2) is 62.1 Å². The number of hydrogen-bond donors (Lipinski definition) is 1. The van der Waals surface area contributed by atoms with Crippen LogP contribution in [0.25, 0.3) is 0 Å². The number of nitrogens with one attached hydrogen (secondary N) is 1. The molecule has 1 unspecified atom stereocenters. The maximum absolute atomic E-state index is 12.7. The van der Waals surface area contributed by atoms with Crippen molar-refractivity contribution in [1.82, 2.24) is 4.90 Å². The van der Waals surface area contributed by atoms with Gasteiger partial charge in [-0.2, -0.15) is 0 Å². The summed E-state index contributed by atoms with van der Waals surface area (Å²) in [7, 11) is 1.29. The van der Waals surface area contributed by atoms with Crippen LogP contribution in [0.1, 0.15) is 39.0 Å². The SMILES string of the molecule is COC(=O)CCC(=O)Nc1ccc2c(c1)N(CCN1CCCCC1)C(=O)C(C)O2. The van der Waals surface area contributed by atoms with Gasteiger partial charge in [0.05, 0.1) is 19.2 Å². The number of amides is 2. The van der Waals surface area contributed by atoms with Crippen LogP contribution in [0.4, 0.5) is 11.4 Å². The molecule has 2 aliphatic heterocycles. The van der Waals surface area contributed by atoms with Crippen LogP contribution in [0.15, 0.2) is 18.2 Å². The van der Waals surface area contributed by atoms with Crippen LogP contribution < -0.4 is 15.0 Å². The van der Waals surface area contributed by atoms with Crippen LogP contribution in [-0.2, 0) is 19.1 Å². The van der Waals surface area contributed by atoms with E-state index >= 15 is 0 Å². The Hall–Kier alpha value is -2.61. The number of anilines is 2. The molecule has 0 bridgehead atoms. The summed E-state index contributed by atoms with van der Waals surface area (Å²) in [5.41, 5.74) is 1.23. The summed E-state index contributed by atoms with van der Waals surface area (Å²) >= 11 is 0. The van der Waals surface area contributed by atoms with Crippen LogP contribution in [0, 0.1) is 0 Å². The molecule has 2 amide bonds. The van der Waals surface area contributed by atoms with Gasteiger partial charge in [-0.1, -0.05) is 6.42 Å². The lowest BCUT2D eigenvalue weighted by molar-refractivity contribution is -0.141. The number of ether oxygens (including phenoxy) is 2. The third kappa shape index (κ3) is 5.47. The Morgan fingerprint density at radius 3 is 2.66 bits per heavy atom. The van der Waals surface area contributed by atoms with Gasteiger partial charge in [0.25, 0.3) is 5.91 Å². The number of likely N-dealkylation sites (tertiary alicyclic amines) is 1. The lowest BCUT2D eigenvalue weighted by atomic mass is 10.1. The van der Waals surface area contributed by atoms with Crippen LogP contribution >= 0.6 is 0 Å². The minimum absolute atomic E-state index is 0.0222. The van der Waals surface area contributed by atoms with E-state index in [2.05, 4.69) is 15.0 Å². The van der Waals surface area contributed by atoms with E-state index in [1.165, 1.54) is 26.4 Å². The van der Waals surface area contributed by atoms with Gasteiger partial charge in [0, 0.05) is 25.2 Å². The van der Waals surface area contributed by atoms with Crippen molar-refractivity contribution in [3.8, 4) is 5.75 Å². The minimum atomic E-state index is -0.538. The number of benzene rings is 1. The maximum atomic E-state index is 12.7. The Labute approximate surface area is 171 Å². The van der Waals surface area contributed by atoms with E-state index in [9.17, 15) is 14.4 Å². The molecule has 158 valence electrons. The van der Waals surface area contributed by atoms with Gasteiger partial charge < -0.3 is 24.6 Å². The lowest BCUT2D eigenvalue weighted by Crippen LogP contribution is -2.48. The number of rotatable bonds is 7. The zero-order valence-electron chi connectivity index (χ0n) is 17.1. The Morgan fingerprint density at radius 1 is 1.17 bits per heavy atom. The van der Waals surface area contributed by atoms with Gasteiger partial charge in [0.1, 0.15) is 5.75 Å². The number of fused-ring (bicyclic) bond motifs is 1. The molecule has 3 rings (SSSR count). The van der Waals surface area contributed by atoms with Crippen molar-refractivity contribution in [1.29, 1.82) is 0 Å². The smallest absolute Gasteiger partial charge is 0.306 e. The molecule has 1 N–H and O–H groups in total. The van der Waals surface area contributed by atoms with Crippen molar-refractivity contribution >= 4 is 29.2 Å². The first-order valence-electron chi connectivity index (χ1n) is 10.2. The number of hydrogen-bond acceptors (Lipinski definition) is 6. The molecule has 1 aromatic rings. The fraction of sp³-hybridized carbons (Fsp3) is 0.571. The van der Waals surface area contributed by atoms with Crippen molar-refractivity contribution in [2.75, 3.05) is 43.5 Å². The fourth-order valence-corrected chi connectivity index (χ4v) is 3.68. The molecule has 8 heteroatoms. The summed E-state index contributed by atoms with van der Waals surface area (Å²) < 4.78 is 10.3. The van der Waals surface area contributed by atoms with Crippen molar-refractivity contribution in [3.63, 3.8) is 0 Å². The highest BCUT2D eigenvalue weighted by Gasteiger charge is 2.32. The predicted molar refractivity (Wildman–Crippen MR) is 109 cm³/mol. The van der Waals surface area contributed by atoms with Gasteiger partial charge in [0.15, 0.2) is 6.10 Å². The molecule has 0 aliphatic carbocycles. The zero-order chi connectivity index (χ0) is 20.8. The minimum Gasteiger partial charge on any atom is -0.479 e. The second-order valence-corrected chi connectivity index (χ2v) is 7.46. The summed E-state index contributed by atoms with van der Waals surface area (Å²) in [6, 6.07) is 5.26. The van der Waals surface area contributed by atoms with Gasteiger partial charge >= 0.3 is 5.97 Å². The second kappa shape index (κ2) is 9.73. The number of carbonyl (C=O) groups is 3. The predicted octanol–water partition coefficient (Wildman–Crippen LogP) is 2.18. The second-order valence-electron chi connectivity index (χ2n) is 7.46. The first kappa shape index (κ1) is 21.1. The Balaban J connectivity index is 1.69. The normalized spacial score (nSPS) is 19.3. The molecule has 29 heavy (non-hydrogen) atoms. The summed E-state index contributed by atoms with van der Waals surface area (Å²) in [6.07, 6.45) is 3.19. The Kier molecular flexibility index (Phi) is 7.09. The molecule has 8 nitrogen and oxygen atoms in total. The van der Waals surface area contributed by atoms with Gasteiger partial charge in [-0.3, -0.25) is 14.4 Å². The quantitative estimate of drug-likeness (QED) is 0.702. The number of piperidine rings is 1. The van der Waals surface area contributed by atoms with Crippen molar-refractivity contribution in [3.05, 3.63) is 18.2 Å². The first-order valence-corrected chi connectivity index (χ1v) is 10.2.